The molecule has 2 aliphatic rings. The maximum absolute atomic E-state index is 5.89. The minimum Gasteiger partial charge on any atom is -0.368 e. The van der Waals surface area contributed by atoms with E-state index in [1.165, 1.54) is 12.8 Å². The fourth-order valence-electron chi connectivity index (χ4n) is 3.30. The molecule has 2 unspecified atom stereocenters. The van der Waals surface area contributed by atoms with Gasteiger partial charge >= 0.3 is 0 Å². The molecule has 2 aliphatic heterocycles. The Balaban J connectivity index is 1.79. The van der Waals surface area contributed by atoms with Crippen molar-refractivity contribution in [3.05, 3.63) is 6.07 Å². The molecule has 2 saturated heterocycles. The van der Waals surface area contributed by atoms with Crippen LogP contribution in [-0.2, 0) is 0 Å². The van der Waals surface area contributed by atoms with Crippen LogP contribution in [0.1, 0.15) is 33.6 Å². The Morgan fingerprint density at radius 1 is 1.33 bits per heavy atom. The third-order valence-corrected chi connectivity index (χ3v) is 4.16. The van der Waals surface area contributed by atoms with E-state index in [-0.39, 0.29) is 5.54 Å². The number of nitrogens with two attached hydrogens (primary N) is 1. The van der Waals surface area contributed by atoms with Gasteiger partial charge in [-0.05, 0) is 46.1 Å². The lowest BCUT2D eigenvalue weighted by atomic mass is 9.94. The Bertz CT molecular complexity index is 495. The Hall–Kier alpha value is -1.56. The number of nitrogens with one attached hydrogen (secondary N) is 2. The van der Waals surface area contributed by atoms with Crippen molar-refractivity contribution in [1.29, 1.82) is 0 Å². The van der Waals surface area contributed by atoms with Gasteiger partial charge < -0.3 is 21.3 Å². The molecule has 3 heterocycles. The number of anilines is 3. The van der Waals surface area contributed by atoms with Crippen LogP contribution >= 0.6 is 0 Å². The van der Waals surface area contributed by atoms with Crippen molar-refractivity contribution in [2.24, 2.45) is 5.92 Å². The number of fused-ring (bicyclic) bond motifs is 1. The number of nitrogens with zero attached hydrogens (tertiary/aromatic N) is 3. The highest BCUT2D eigenvalue weighted by Crippen LogP contribution is 2.29. The fourth-order valence-corrected chi connectivity index (χ4v) is 3.30. The zero-order valence-corrected chi connectivity index (χ0v) is 13.2. The highest BCUT2D eigenvalue weighted by atomic mass is 15.3. The van der Waals surface area contributed by atoms with Crippen molar-refractivity contribution >= 4 is 17.6 Å². The minimum absolute atomic E-state index is 0.0430. The Morgan fingerprint density at radius 2 is 2.14 bits per heavy atom. The fraction of sp³-hybridized carbons (Fsp3) is 0.733. The lowest BCUT2D eigenvalue weighted by molar-refractivity contribution is 0.340. The standard InChI is InChI=1S/C15H26N6/c1-15(2,3)20-12-7-13(19-14(16)18-12)21-8-10-5-4-6-17-11(10)9-21/h7,10-11,17H,4-6,8-9H2,1-3H3,(H3,16,18,19,20). The zero-order chi connectivity index (χ0) is 15.0. The molecule has 0 bridgehead atoms. The van der Waals surface area contributed by atoms with Crippen molar-refractivity contribution in [1.82, 2.24) is 15.3 Å². The van der Waals surface area contributed by atoms with Gasteiger partial charge in [0.05, 0.1) is 0 Å². The molecule has 0 spiro atoms. The average molecular weight is 290 g/mol. The van der Waals surface area contributed by atoms with Crippen molar-refractivity contribution in [3.63, 3.8) is 0 Å². The molecule has 0 radical (unpaired) electrons. The van der Waals surface area contributed by atoms with Gasteiger partial charge in [-0.15, -0.1) is 0 Å². The van der Waals surface area contributed by atoms with E-state index in [4.69, 9.17) is 5.73 Å². The summed E-state index contributed by atoms with van der Waals surface area (Å²) in [6.07, 6.45) is 2.58. The highest BCUT2D eigenvalue weighted by molar-refractivity contribution is 5.54. The normalized spacial score (nSPS) is 25.8. The molecule has 21 heavy (non-hydrogen) atoms. The second kappa shape index (κ2) is 5.33. The monoisotopic (exact) mass is 290 g/mol. The molecular formula is C15H26N6. The third kappa shape index (κ3) is 3.37. The number of piperidine rings is 1. The third-order valence-electron chi connectivity index (χ3n) is 4.16. The lowest BCUT2D eigenvalue weighted by Gasteiger charge is -2.24. The van der Waals surface area contributed by atoms with Crippen LogP contribution in [0, 0.1) is 5.92 Å². The molecule has 1 aromatic heterocycles. The molecule has 4 N–H and O–H groups in total. The van der Waals surface area contributed by atoms with Gasteiger partial charge in [0.25, 0.3) is 0 Å². The summed E-state index contributed by atoms with van der Waals surface area (Å²) in [6.45, 7) is 9.54. The number of aromatic nitrogens is 2. The second-order valence-electron chi connectivity index (χ2n) is 7.21. The van der Waals surface area contributed by atoms with Crippen molar-refractivity contribution in [2.75, 3.05) is 35.6 Å². The molecule has 0 saturated carbocycles. The Kier molecular flexibility index (Phi) is 3.65. The van der Waals surface area contributed by atoms with E-state index in [0.29, 0.717) is 12.0 Å². The van der Waals surface area contributed by atoms with Crippen LogP contribution in [0.2, 0.25) is 0 Å². The molecule has 116 valence electrons. The van der Waals surface area contributed by atoms with E-state index in [0.717, 1.165) is 37.2 Å². The van der Waals surface area contributed by atoms with Crippen LogP contribution in [0.5, 0.6) is 0 Å². The van der Waals surface area contributed by atoms with E-state index < -0.39 is 0 Å². The number of hydrogen-bond acceptors (Lipinski definition) is 6. The summed E-state index contributed by atoms with van der Waals surface area (Å²) in [7, 11) is 0. The summed E-state index contributed by atoms with van der Waals surface area (Å²) >= 11 is 0. The van der Waals surface area contributed by atoms with Crippen LogP contribution in [-0.4, -0.2) is 41.2 Å². The molecule has 6 heteroatoms. The minimum atomic E-state index is -0.0430. The smallest absolute Gasteiger partial charge is 0.223 e. The van der Waals surface area contributed by atoms with Crippen LogP contribution < -0.4 is 21.3 Å². The molecule has 1 aromatic rings. The SMILES string of the molecule is CC(C)(C)Nc1cc(N2CC3CCCNC3C2)nc(N)n1. The van der Waals surface area contributed by atoms with Crippen LogP contribution in [0.15, 0.2) is 6.07 Å². The maximum atomic E-state index is 5.89. The summed E-state index contributed by atoms with van der Waals surface area (Å²) in [5, 5.41) is 6.99. The van der Waals surface area contributed by atoms with Crippen molar-refractivity contribution in [3.8, 4) is 0 Å². The zero-order valence-electron chi connectivity index (χ0n) is 13.2. The van der Waals surface area contributed by atoms with E-state index in [1.807, 2.05) is 6.07 Å². The topological polar surface area (TPSA) is 79.1 Å². The van der Waals surface area contributed by atoms with Crippen LogP contribution in [0.25, 0.3) is 0 Å². The van der Waals surface area contributed by atoms with Crippen LogP contribution in [0.3, 0.4) is 0 Å². The van der Waals surface area contributed by atoms with Crippen molar-refractivity contribution < 1.29 is 0 Å². The largest absolute Gasteiger partial charge is 0.368 e. The van der Waals surface area contributed by atoms with Gasteiger partial charge in [0.15, 0.2) is 0 Å². The highest BCUT2D eigenvalue weighted by Gasteiger charge is 2.35. The maximum Gasteiger partial charge on any atom is 0.223 e. The summed E-state index contributed by atoms with van der Waals surface area (Å²) in [4.78, 5) is 11.1. The van der Waals surface area contributed by atoms with Gasteiger partial charge in [-0.1, -0.05) is 0 Å². The van der Waals surface area contributed by atoms with E-state index >= 15 is 0 Å². The van der Waals surface area contributed by atoms with Crippen molar-refractivity contribution in [2.45, 2.75) is 45.2 Å². The summed E-state index contributed by atoms with van der Waals surface area (Å²) in [5.41, 5.74) is 5.84. The molecular weight excluding hydrogens is 264 g/mol. The molecule has 0 aromatic carbocycles. The lowest BCUT2D eigenvalue weighted by Crippen LogP contribution is -2.40. The van der Waals surface area contributed by atoms with E-state index in [2.05, 4.69) is 46.3 Å². The predicted molar refractivity (Wildman–Crippen MR) is 86.5 cm³/mol. The molecule has 2 atom stereocenters. The van der Waals surface area contributed by atoms with E-state index in [1.54, 1.807) is 0 Å². The van der Waals surface area contributed by atoms with E-state index in [9.17, 15) is 0 Å². The molecule has 6 nitrogen and oxygen atoms in total. The predicted octanol–water partition coefficient (Wildman–Crippen LogP) is 1.46. The van der Waals surface area contributed by atoms with Gasteiger partial charge in [0.1, 0.15) is 11.6 Å². The Labute approximate surface area is 126 Å². The first-order valence-electron chi connectivity index (χ1n) is 7.82. The molecule has 3 rings (SSSR count). The first kappa shape index (κ1) is 14.4. The number of nitrogen functional groups attached to an aromatic ring is 1. The summed E-state index contributed by atoms with van der Waals surface area (Å²) in [6, 6.07) is 2.60. The van der Waals surface area contributed by atoms with Gasteiger partial charge in [0.2, 0.25) is 5.95 Å². The first-order valence-corrected chi connectivity index (χ1v) is 7.82. The molecule has 0 aliphatic carbocycles. The first-order chi connectivity index (χ1) is 9.90. The van der Waals surface area contributed by atoms with Gasteiger partial charge in [-0.25, -0.2) is 0 Å². The van der Waals surface area contributed by atoms with Crippen LogP contribution in [0.4, 0.5) is 17.6 Å². The molecule has 2 fully saturated rings. The summed E-state index contributed by atoms with van der Waals surface area (Å²) in [5.74, 6) is 2.80. The number of rotatable bonds is 2. The summed E-state index contributed by atoms with van der Waals surface area (Å²) < 4.78 is 0. The Morgan fingerprint density at radius 3 is 2.86 bits per heavy atom. The molecule has 0 amide bonds. The quantitative estimate of drug-likeness (QED) is 0.765. The second-order valence-corrected chi connectivity index (χ2v) is 7.21. The number of hydrogen-bond donors (Lipinski definition) is 3. The van der Waals surface area contributed by atoms with Gasteiger partial charge in [-0.3, -0.25) is 0 Å². The average Bonchev–Trinajstić information content (AvgIpc) is 2.79. The van der Waals surface area contributed by atoms with Gasteiger partial charge in [0, 0.05) is 30.7 Å². The van der Waals surface area contributed by atoms with Gasteiger partial charge in [-0.2, -0.15) is 9.97 Å².